The number of thioether (sulfide) groups is 1. The maximum Gasteiger partial charge on any atom is 0.416 e. The Balaban J connectivity index is 1.63. The number of nitrogens with zero attached hydrogens (tertiary/aromatic N) is 1. The minimum atomic E-state index is -4.56. The summed E-state index contributed by atoms with van der Waals surface area (Å²) >= 11 is 1.03. The molecule has 0 fully saturated rings. The number of carbonyl (C=O) groups excluding carboxylic acids is 3. The number of hydrogen-bond donors (Lipinski definition) is 2. The van der Waals surface area contributed by atoms with Crippen molar-refractivity contribution in [1.29, 1.82) is 0 Å². The minimum absolute atomic E-state index is 0.0100. The maximum absolute atomic E-state index is 13.5. The fraction of sp³-hybridized carbons (Fsp3) is 0.207. The van der Waals surface area contributed by atoms with E-state index in [0.29, 0.717) is 28.4 Å². The van der Waals surface area contributed by atoms with E-state index in [1.54, 1.807) is 48.5 Å². The van der Waals surface area contributed by atoms with E-state index in [1.165, 1.54) is 7.11 Å². The van der Waals surface area contributed by atoms with E-state index in [1.807, 2.05) is 13.8 Å². The third-order valence-electron chi connectivity index (χ3n) is 5.81. The van der Waals surface area contributed by atoms with Crippen LogP contribution >= 0.6 is 11.8 Å². The molecule has 208 valence electrons. The van der Waals surface area contributed by atoms with Crippen molar-refractivity contribution in [2.24, 2.45) is 5.92 Å². The van der Waals surface area contributed by atoms with Crippen molar-refractivity contribution < 1.29 is 32.3 Å². The van der Waals surface area contributed by atoms with Gasteiger partial charge in [-0.15, -0.1) is 0 Å². The Hall–Kier alpha value is -4.25. The SMILES string of the molecule is COc1ccc(NC2=C(Sc3ccc(NC(=O)CC(C)C)cc3)C(=O)N(c3ccc(C(F)(F)F)cc3)C2=O)cc1. The number of rotatable bonds is 9. The molecule has 0 unspecified atom stereocenters. The predicted molar refractivity (Wildman–Crippen MR) is 148 cm³/mol. The Bertz CT molecular complexity index is 1440. The van der Waals surface area contributed by atoms with Crippen LogP contribution in [0.15, 0.2) is 88.3 Å². The van der Waals surface area contributed by atoms with Crippen molar-refractivity contribution in [2.75, 3.05) is 22.6 Å². The summed E-state index contributed by atoms with van der Waals surface area (Å²) in [5.74, 6) is -0.708. The highest BCUT2D eigenvalue weighted by atomic mass is 32.2. The predicted octanol–water partition coefficient (Wildman–Crippen LogP) is 6.69. The molecule has 0 saturated carbocycles. The smallest absolute Gasteiger partial charge is 0.416 e. The van der Waals surface area contributed by atoms with Crippen LogP contribution in [0.3, 0.4) is 0 Å². The van der Waals surface area contributed by atoms with E-state index in [0.717, 1.165) is 40.9 Å². The van der Waals surface area contributed by atoms with Crippen LogP contribution in [0.4, 0.5) is 30.2 Å². The Morgan fingerprint density at radius 3 is 2.05 bits per heavy atom. The first-order chi connectivity index (χ1) is 19.0. The lowest BCUT2D eigenvalue weighted by Gasteiger charge is -2.16. The normalized spacial score (nSPS) is 13.7. The fourth-order valence-electron chi connectivity index (χ4n) is 3.87. The van der Waals surface area contributed by atoms with Gasteiger partial charge in [0, 0.05) is 22.7 Å². The number of anilines is 3. The van der Waals surface area contributed by atoms with Crippen LogP contribution in [0.2, 0.25) is 0 Å². The lowest BCUT2D eigenvalue weighted by molar-refractivity contribution is -0.137. The number of methoxy groups -OCH3 is 1. The maximum atomic E-state index is 13.5. The number of alkyl halides is 3. The quantitative estimate of drug-likeness (QED) is 0.279. The molecule has 7 nitrogen and oxygen atoms in total. The van der Waals surface area contributed by atoms with Crippen LogP contribution in [0.5, 0.6) is 5.75 Å². The molecule has 3 aromatic carbocycles. The summed E-state index contributed by atoms with van der Waals surface area (Å²) in [6.45, 7) is 3.89. The summed E-state index contributed by atoms with van der Waals surface area (Å²) in [5.41, 5.74) is 0.188. The number of nitrogens with one attached hydrogen (secondary N) is 2. The van der Waals surface area contributed by atoms with Gasteiger partial charge in [-0.25, -0.2) is 4.90 Å². The molecule has 1 heterocycles. The second-order valence-electron chi connectivity index (χ2n) is 9.32. The summed E-state index contributed by atoms with van der Waals surface area (Å²) in [6, 6.07) is 17.3. The van der Waals surface area contributed by atoms with Gasteiger partial charge < -0.3 is 15.4 Å². The molecule has 1 aliphatic heterocycles. The molecule has 1 aliphatic rings. The minimum Gasteiger partial charge on any atom is -0.497 e. The van der Waals surface area contributed by atoms with Gasteiger partial charge in [-0.05, 0) is 78.7 Å². The topological polar surface area (TPSA) is 87.7 Å². The van der Waals surface area contributed by atoms with Gasteiger partial charge in [0.15, 0.2) is 0 Å². The molecule has 0 saturated heterocycles. The number of imide groups is 1. The van der Waals surface area contributed by atoms with E-state index in [-0.39, 0.29) is 28.1 Å². The van der Waals surface area contributed by atoms with E-state index >= 15 is 0 Å². The highest BCUT2D eigenvalue weighted by Crippen LogP contribution is 2.39. The molecule has 2 N–H and O–H groups in total. The highest BCUT2D eigenvalue weighted by molar-refractivity contribution is 8.04. The molecule has 3 aromatic rings. The molecule has 0 spiro atoms. The van der Waals surface area contributed by atoms with E-state index < -0.39 is 23.6 Å². The number of hydrogen-bond acceptors (Lipinski definition) is 6. The molecule has 11 heteroatoms. The van der Waals surface area contributed by atoms with Gasteiger partial charge in [0.2, 0.25) is 5.91 Å². The van der Waals surface area contributed by atoms with Crippen LogP contribution in [-0.2, 0) is 20.6 Å². The van der Waals surface area contributed by atoms with E-state index in [2.05, 4.69) is 10.6 Å². The summed E-state index contributed by atoms with van der Waals surface area (Å²) in [7, 11) is 1.52. The molecule has 0 bridgehead atoms. The lowest BCUT2D eigenvalue weighted by Crippen LogP contribution is -2.32. The number of ether oxygens (including phenoxy) is 1. The fourth-order valence-corrected chi connectivity index (χ4v) is 4.80. The number of benzene rings is 3. The monoisotopic (exact) mass is 569 g/mol. The average Bonchev–Trinajstić information content (AvgIpc) is 3.13. The Labute approximate surface area is 233 Å². The van der Waals surface area contributed by atoms with Gasteiger partial charge in [-0.1, -0.05) is 25.6 Å². The number of amides is 3. The zero-order valence-electron chi connectivity index (χ0n) is 21.8. The second kappa shape index (κ2) is 11.9. The molecule has 0 radical (unpaired) electrons. The summed E-state index contributed by atoms with van der Waals surface area (Å²) in [6.07, 6.45) is -4.18. The molecule has 4 rings (SSSR count). The van der Waals surface area contributed by atoms with Crippen LogP contribution in [0, 0.1) is 5.92 Å². The third-order valence-corrected chi connectivity index (χ3v) is 6.90. The molecule has 0 aromatic heterocycles. The molecule has 0 atom stereocenters. The van der Waals surface area contributed by atoms with Gasteiger partial charge in [0.1, 0.15) is 16.4 Å². The Morgan fingerprint density at radius 2 is 1.50 bits per heavy atom. The molecular weight excluding hydrogens is 543 g/mol. The zero-order chi connectivity index (χ0) is 29.0. The van der Waals surface area contributed by atoms with Crippen LogP contribution < -0.4 is 20.3 Å². The highest BCUT2D eigenvalue weighted by Gasteiger charge is 2.41. The van der Waals surface area contributed by atoms with E-state index in [4.69, 9.17) is 4.74 Å². The molecule has 3 amide bonds. The Morgan fingerprint density at radius 1 is 0.900 bits per heavy atom. The molecular formula is C29H26F3N3O4S. The average molecular weight is 570 g/mol. The number of halogens is 3. The first-order valence-electron chi connectivity index (χ1n) is 12.3. The van der Waals surface area contributed by atoms with Gasteiger partial charge >= 0.3 is 6.18 Å². The van der Waals surface area contributed by atoms with Crippen molar-refractivity contribution in [1.82, 2.24) is 0 Å². The number of carbonyl (C=O) groups is 3. The first-order valence-corrected chi connectivity index (χ1v) is 13.1. The summed E-state index contributed by atoms with van der Waals surface area (Å²) in [5, 5.41) is 5.80. The van der Waals surface area contributed by atoms with Crippen molar-refractivity contribution in [3.8, 4) is 5.75 Å². The standard InChI is InChI=1S/C29H26F3N3O4S/c1-17(2)16-24(36)33-19-8-14-23(15-9-19)40-26-25(34-20-6-12-22(39-3)13-7-20)27(37)35(28(26)38)21-10-4-18(5-11-21)29(30,31)32/h4-15,17,34H,16H2,1-3H3,(H,33,36). The third kappa shape index (κ3) is 6.66. The Kier molecular flexibility index (Phi) is 8.53. The van der Waals surface area contributed by atoms with Crippen LogP contribution in [0.1, 0.15) is 25.8 Å². The van der Waals surface area contributed by atoms with Crippen molar-refractivity contribution in [3.05, 3.63) is 89.0 Å². The molecule has 0 aliphatic carbocycles. The first kappa shape index (κ1) is 28.8. The lowest BCUT2D eigenvalue weighted by atomic mass is 10.1. The van der Waals surface area contributed by atoms with E-state index in [9.17, 15) is 27.6 Å². The summed E-state index contributed by atoms with van der Waals surface area (Å²) in [4.78, 5) is 40.6. The summed E-state index contributed by atoms with van der Waals surface area (Å²) < 4.78 is 44.4. The largest absolute Gasteiger partial charge is 0.497 e. The van der Waals surface area contributed by atoms with Gasteiger partial charge in [-0.3, -0.25) is 14.4 Å². The van der Waals surface area contributed by atoms with Crippen LogP contribution in [0.25, 0.3) is 0 Å². The van der Waals surface area contributed by atoms with Gasteiger partial charge in [-0.2, -0.15) is 13.2 Å². The van der Waals surface area contributed by atoms with Gasteiger partial charge in [0.05, 0.1) is 18.4 Å². The van der Waals surface area contributed by atoms with Crippen molar-refractivity contribution in [3.63, 3.8) is 0 Å². The second-order valence-corrected chi connectivity index (χ2v) is 10.4. The molecule has 40 heavy (non-hydrogen) atoms. The van der Waals surface area contributed by atoms with Crippen molar-refractivity contribution >= 4 is 46.5 Å². The van der Waals surface area contributed by atoms with Crippen LogP contribution in [-0.4, -0.2) is 24.8 Å². The zero-order valence-corrected chi connectivity index (χ0v) is 22.7. The van der Waals surface area contributed by atoms with Crippen molar-refractivity contribution in [2.45, 2.75) is 31.3 Å². The van der Waals surface area contributed by atoms with Gasteiger partial charge in [0.25, 0.3) is 11.8 Å².